The number of carboxylic acid groups (broad SMARTS) is 1. The Balaban J connectivity index is 1.31. The van der Waals surface area contributed by atoms with Crippen molar-refractivity contribution in [3.8, 4) is 0 Å². The highest BCUT2D eigenvalue weighted by Crippen LogP contribution is 2.33. The second-order valence-electron chi connectivity index (χ2n) is 11.9. The number of urea groups is 1. The molecule has 2 saturated heterocycles. The standard InChI is InChI=1S/C31H55N5O6S/c1-2-13-23(30(40)41)14-9-12-21-34-27(38)17-6-4-10-19-32-26(37)16-5-3-11-20-33-28(39)18-8-7-15-25-29-24(22-43-25)35-31(42)36-29/h23-25,29H,2-22H2,1H3,(H,32,37)(H,33,39)(H,34,38)(H,40,41)(H2,35,36,42)/t23?,24-,25-,29-/m0/s1. The second-order valence-corrected chi connectivity index (χ2v) is 13.1. The molecule has 0 aliphatic carbocycles. The highest BCUT2D eigenvalue weighted by Gasteiger charge is 2.42. The molecule has 2 aliphatic rings. The highest BCUT2D eigenvalue weighted by molar-refractivity contribution is 8.00. The quantitative estimate of drug-likeness (QED) is 0.0662. The van der Waals surface area contributed by atoms with Crippen LogP contribution in [0.2, 0.25) is 0 Å². The molecule has 11 nitrogen and oxygen atoms in total. The van der Waals surface area contributed by atoms with Crippen LogP contribution < -0.4 is 26.6 Å². The number of fused-ring (bicyclic) bond motifs is 1. The van der Waals surface area contributed by atoms with Crippen molar-refractivity contribution in [1.29, 1.82) is 0 Å². The molecule has 2 rings (SSSR count). The van der Waals surface area contributed by atoms with Gasteiger partial charge in [0, 0.05) is 49.9 Å². The molecule has 0 saturated carbocycles. The lowest BCUT2D eigenvalue weighted by Gasteiger charge is -2.16. The van der Waals surface area contributed by atoms with E-state index in [1.54, 1.807) is 0 Å². The summed E-state index contributed by atoms with van der Waals surface area (Å²) in [5.74, 6) is 0.108. The lowest BCUT2D eigenvalue weighted by molar-refractivity contribution is -0.142. The summed E-state index contributed by atoms with van der Waals surface area (Å²) >= 11 is 1.90. The third-order valence-corrected chi connectivity index (χ3v) is 9.68. The molecule has 6 N–H and O–H groups in total. The third-order valence-electron chi connectivity index (χ3n) is 8.17. The summed E-state index contributed by atoms with van der Waals surface area (Å²) in [7, 11) is 0. The monoisotopic (exact) mass is 625 g/mol. The Morgan fingerprint density at radius 1 is 0.767 bits per heavy atom. The molecule has 2 aliphatic heterocycles. The zero-order chi connectivity index (χ0) is 31.3. The maximum absolute atomic E-state index is 12.1. The van der Waals surface area contributed by atoms with Gasteiger partial charge in [0.25, 0.3) is 0 Å². The van der Waals surface area contributed by atoms with E-state index in [2.05, 4.69) is 26.6 Å². The van der Waals surface area contributed by atoms with Crippen LogP contribution in [0.4, 0.5) is 4.79 Å². The van der Waals surface area contributed by atoms with E-state index < -0.39 is 5.97 Å². The van der Waals surface area contributed by atoms with Crippen molar-refractivity contribution in [3.63, 3.8) is 0 Å². The fourth-order valence-electron chi connectivity index (χ4n) is 5.65. The molecule has 4 atom stereocenters. The molecule has 0 aromatic heterocycles. The summed E-state index contributed by atoms with van der Waals surface area (Å²) in [5, 5.41) is 24.4. The molecule has 5 amide bonds. The van der Waals surface area contributed by atoms with Gasteiger partial charge in [-0.1, -0.05) is 39.0 Å². The minimum Gasteiger partial charge on any atom is -0.481 e. The summed E-state index contributed by atoms with van der Waals surface area (Å²) in [6, 6.07) is 0.403. The first kappa shape index (κ1) is 36.7. The summed E-state index contributed by atoms with van der Waals surface area (Å²) in [5.41, 5.74) is 0. The van der Waals surface area contributed by atoms with Gasteiger partial charge in [0.1, 0.15) is 0 Å². The molecule has 12 heteroatoms. The number of unbranched alkanes of at least 4 members (excludes halogenated alkanes) is 6. The van der Waals surface area contributed by atoms with Crippen LogP contribution in [0.5, 0.6) is 0 Å². The number of carbonyl (C=O) groups excluding carboxylic acids is 4. The molecule has 0 aromatic carbocycles. The maximum Gasteiger partial charge on any atom is 0.315 e. The topological polar surface area (TPSA) is 166 Å². The molecule has 1 unspecified atom stereocenters. The van der Waals surface area contributed by atoms with Gasteiger partial charge in [0.2, 0.25) is 17.7 Å². The highest BCUT2D eigenvalue weighted by atomic mass is 32.2. The number of hydrogen-bond acceptors (Lipinski definition) is 6. The predicted molar refractivity (Wildman–Crippen MR) is 170 cm³/mol. The van der Waals surface area contributed by atoms with E-state index in [9.17, 15) is 29.1 Å². The van der Waals surface area contributed by atoms with Crippen molar-refractivity contribution in [2.75, 3.05) is 25.4 Å². The Labute approximate surface area is 261 Å². The van der Waals surface area contributed by atoms with E-state index in [-0.39, 0.29) is 41.8 Å². The molecular weight excluding hydrogens is 570 g/mol. The Kier molecular flexibility index (Phi) is 18.8. The molecule has 0 spiro atoms. The Morgan fingerprint density at radius 3 is 1.84 bits per heavy atom. The van der Waals surface area contributed by atoms with Crippen LogP contribution in [-0.4, -0.2) is 77.5 Å². The van der Waals surface area contributed by atoms with E-state index in [1.165, 1.54) is 0 Å². The normalized spacial score (nSPS) is 19.7. The van der Waals surface area contributed by atoms with Crippen LogP contribution in [-0.2, 0) is 19.2 Å². The van der Waals surface area contributed by atoms with Crippen LogP contribution in [0.15, 0.2) is 0 Å². The molecule has 246 valence electrons. The minimum atomic E-state index is -0.726. The Hall–Kier alpha value is -2.50. The minimum absolute atomic E-state index is 0.0271. The summed E-state index contributed by atoms with van der Waals surface area (Å²) in [6.45, 7) is 3.83. The van der Waals surface area contributed by atoms with Gasteiger partial charge < -0.3 is 31.7 Å². The average molecular weight is 626 g/mol. The van der Waals surface area contributed by atoms with Gasteiger partial charge in [-0.05, 0) is 57.8 Å². The molecule has 2 heterocycles. The van der Waals surface area contributed by atoms with Crippen molar-refractivity contribution in [2.45, 2.75) is 133 Å². The number of amides is 5. The Morgan fingerprint density at radius 2 is 1.30 bits per heavy atom. The van der Waals surface area contributed by atoms with Gasteiger partial charge >= 0.3 is 12.0 Å². The van der Waals surface area contributed by atoms with E-state index >= 15 is 0 Å². The van der Waals surface area contributed by atoms with Gasteiger partial charge in [-0.25, -0.2) is 4.79 Å². The molecular formula is C31H55N5O6S. The number of nitrogens with one attached hydrogen (secondary N) is 5. The van der Waals surface area contributed by atoms with E-state index in [0.717, 1.165) is 82.8 Å². The summed E-state index contributed by atoms with van der Waals surface area (Å²) in [4.78, 5) is 58.7. The van der Waals surface area contributed by atoms with Gasteiger partial charge in [0.05, 0.1) is 18.0 Å². The smallest absolute Gasteiger partial charge is 0.315 e. The SMILES string of the molecule is CCCC(CCCCNC(=O)CCCCCNC(=O)CCCCCNC(=O)CCCC[C@@H]1SC[C@@H]2NC(=O)N[C@@H]21)C(=O)O. The predicted octanol–water partition coefficient (Wildman–Crippen LogP) is 3.85. The lowest BCUT2D eigenvalue weighted by atomic mass is 9.97. The van der Waals surface area contributed by atoms with E-state index in [1.807, 2.05) is 18.7 Å². The average Bonchev–Trinajstić information content (AvgIpc) is 3.52. The number of carboxylic acids is 1. The first-order valence-electron chi connectivity index (χ1n) is 16.5. The zero-order valence-electron chi connectivity index (χ0n) is 26.1. The first-order chi connectivity index (χ1) is 20.8. The molecule has 0 bridgehead atoms. The van der Waals surface area contributed by atoms with Gasteiger partial charge in [-0.2, -0.15) is 11.8 Å². The van der Waals surface area contributed by atoms with Crippen molar-refractivity contribution in [2.24, 2.45) is 5.92 Å². The van der Waals surface area contributed by atoms with Crippen molar-refractivity contribution < 1.29 is 29.1 Å². The Bertz CT molecular complexity index is 876. The number of carbonyl (C=O) groups is 5. The molecule has 0 aromatic rings. The van der Waals surface area contributed by atoms with Gasteiger partial charge in [-0.15, -0.1) is 0 Å². The second kappa shape index (κ2) is 22.1. The van der Waals surface area contributed by atoms with Crippen LogP contribution >= 0.6 is 11.8 Å². The van der Waals surface area contributed by atoms with Crippen LogP contribution in [0.25, 0.3) is 0 Å². The van der Waals surface area contributed by atoms with E-state index in [0.29, 0.717) is 57.0 Å². The number of aliphatic carboxylic acids is 1. The van der Waals surface area contributed by atoms with E-state index in [4.69, 9.17) is 0 Å². The number of rotatable bonds is 25. The third kappa shape index (κ3) is 16.2. The van der Waals surface area contributed by atoms with Crippen LogP contribution in [0, 0.1) is 5.92 Å². The van der Waals surface area contributed by atoms with Crippen molar-refractivity contribution in [1.82, 2.24) is 26.6 Å². The lowest BCUT2D eigenvalue weighted by Crippen LogP contribution is -2.36. The largest absolute Gasteiger partial charge is 0.481 e. The number of thioether (sulfide) groups is 1. The summed E-state index contributed by atoms with van der Waals surface area (Å²) in [6.07, 6.45) is 13.2. The molecule has 0 radical (unpaired) electrons. The van der Waals surface area contributed by atoms with Gasteiger partial charge in [0.15, 0.2) is 0 Å². The summed E-state index contributed by atoms with van der Waals surface area (Å²) < 4.78 is 0. The molecule has 2 fully saturated rings. The molecule has 43 heavy (non-hydrogen) atoms. The maximum atomic E-state index is 12.1. The van der Waals surface area contributed by atoms with Crippen molar-refractivity contribution >= 4 is 41.5 Å². The van der Waals surface area contributed by atoms with Gasteiger partial charge in [-0.3, -0.25) is 19.2 Å². The fraction of sp³-hybridized carbons (Fsp3) is 0.839. The van der Waals surface area contributed by atoms with Crippen molar-refractivity contribution in [3.05, 3.63) is 0 Å². The zero-order valence-corrected chi connectivity index (χ0v) is 26.9. The fourth-order valence-corrected chi connectivity index (χ4v) is 7.20. The van der Waals surface area contributed by atoms with Crippen LogP contribution in [0.3, 0.4) is 0 Å². The van der Waals surface area contributed by atoms with Crippen LogP contribution in [0.1, 0.15) is 116 Å². The first-order valence-corrected chi connectivity index (χ1v) is 17.6. The number of hydrogen-bond donors (Lipinski definition) is 6.